The van der Waals surface area contributed by atoms with Gasteiger partial charge in [0.05, 0.1) is 6.33 Å². The van der Waals surface area contributed by atoms with Crippen molar-refractivity contribution < 1.29 is 0 Å². The van der Waals surface area contributed by atoms with Gasteiger partial charge >= 0.3 is 0 Å². The van der Waals surface area contributed by atoms with Crippen molar-refractivity contribution in [3.05, 3.63) is 16.7 Å². The Balaban J connectivity index is 2.22. The zero-order valence-electron chi connectivity index (χ0n) is 9.57. The minimum atomic E-state index is -0.248. The Bertz CT molecular complexity index is 411. The van der Waals surface area contributed by atoms with E-state index in [4.69, 9.17) is 5.73 Å². The Morgan fingerprint density at radius 3 is 3.00 bits per heavy atom. The second kappa shape index (κ2) is 4.55. The number of anilines is 2. The molecular formula is C11H18N4O. The molecule has 5 heteroatoms. The van der Waals surface area contributed by atoms with E-state index in [1.165, 1.54) is 19.2 Å². The third-order valence-electron chi connectivity index (χ3n) is 2.84. The highest BCUT2D eigenvalue weighted by atomic mass is 16.1. The first kappa shape index (κ1) is 11.0. The fourth-order valence-electron chi connectivity index (χ4n) is 1.82. The molecule has 0 aromatic carbocycles. The van der Waals surface area contributed by atoms with E-state index in [9.17, 15) is 4.79 Å². The first-order valence-electron chi connectivity index (χ1n) is 5.80. The first-order chi connectivity index (χ1) is 7.72. The molecule has 1 aliphatic rings. The van der Waals surface area contributed by atoms with Crippen molar-refractivity contribution in [1.82, 2.24) is 9.97 Å². The number of aromatic amines is 1. The molecule has 1 aromatic heterocycles. The molecule has 1 saturated carbocycles. The second-order valence-electron chi connectivity index (χ2n) is 4.36. The van der Waals surface area contributed by atoms with Gasteiger partial charge < -0.3 is 15.6 Å². The van der Waals surface area contributed by atoms with Crippen molar-refractivity contribution >= 4 is 11.5 Å². The summed E-state index contributed by atoms with van der Waals surface area (Å²) < 4.78 is 0. The number of rotatable bonds is 5. The van der Waals surface area contributed by atoms with Crippen LogP contribution < -0.4 is 16.2 Å². The van der Waals surface area contributed by atoms with E-state index in [-0.39, 0.29) is 11.2 Å². The van der Waals surface area contributed by atoms with Crippen LogP contribution in [0.5, 0.6) is 0 Å². The summed E-state index contributed by atoms with van der Waals surface area (Å²) in [6, 6.07) is 0. The van der Waals surface area contributed by atoms with Crippen LogP contribution in [0.4, 0.5) is 11.5 Å². The lowest BCUT2D eigenvalue weighted by Crippen LogP contribution is -2.30. The molecule has 0 spiro atoms. The van der Waals surface area contributed by atoms with Crippen molar-refractivity contribution in [1.29, 1.82) is 0 Å². The number of H-pyrrole nitrogens is 1. The molecule has 2 rings (SSSR count). The molecule has 1 fully saturated rings. The van der Waals surface area contributed by atoms with Crippen LogP contribution >= 0.6 is 0 Å². The van der Waals surface area contributed by atoms with E-state index < -0.39 is 0 Å². The average molecular weight is 222 g/mol. The van der Waals surface area contributed by atoms with Crippen molar-refractivity contribution in [2.75, 3.05) is 23.7 Å². The Morgan fingerprint density at radius 1 is 1.62 bits per heavy atom. The fraction of sp³-hybridized carbons (Fsp3) is 0.636. The van der Waals surface area contributed by atoms with Gasteiger partial charge in [-0.2, -0.15) is 0 Å². The monoisotopic (exact) mass is 222 g/mol. The summed E-state index contributed by atoms with van der Waals surface area (Å²) in [6.07, 6.45) is 5.01. The van der Waals surface area contributed by atoms with Gasteiger partial charge in [-0.25, -0.2) is 4.98 Å². The van der Waals surface area contributed by atoms with Crippen molar-refractivity contribution in [2.24, 2.45) is 5.92 Å². The number of nitrogens with two attached hydrogens (primary N) is 1. The maximum atomic E-state index is 11.4. The molecule has 0 atom stereocenters. The smallest absolute Gasteiger partial charge is 0.276 e. The zero-order chi connectivity index (χ0) is 11.5. The Hall–Kier alpha value is -1.52. The average Bonchev–Trinajstić information content (AvgIpc) is 3.06. The van der Waals surface area contributed by atoms with Crippen LogP contribution in [0.3, 0.4) is 0 Å². The number of aromatic nitrogens is 2. The normalized spacial score (nSPS) is 15.1. The molecule has 0 radical (unpaired) electrons. The van der Waals surface area contributed by atoms with E-state index in [1.807, 2.05) is 0 Å². The van der Waals surface area contributed by atoms with Crippen molar-refractivity contribution in [3.8, 4) is 0 Å². The summed E-state index contributed by atoms with van der Waals surface area (Å²) in [5.74, 6) is 1.39. The molecular weight excluding hydrogens is 204 g/mol. The molecule has 0 saturated heterocycles. The molecule has 88 valence electrons. The van der Waals surface area contributed by atoms with Crippen LogP contribution in [0.2, 0.25) is 0 Å². The van der Waals surface area contributed by atoms with Gasteiger partial charge in [-0.15, -0.1) is 0 Å². The summed E-state index contributed by atoms with van der Waals surface area (Å²) in [6.45, 7) is 3.98. The standard InChI is InChI=1S/C11H18N4O/c1-2-5-15(6-8-3-4-8)10-9(12)11(16)14-7-13-10/h7-8H,2-6,12H2,1H3,(H,13,14,16). The topological polar surface area (TPSA) is 75.0 Å². The van der Waals surface area contributed by atoms with Gasteiger partial charge in [0, 0.05) is 13.1 Å². The Kier molecular flexibility index (Phi) is 3.12. The van der Waals surface area contributed by atoms with E-state index in [2.05, 4.69) is 21.8 Å². The van der Waals surface area contributed by atoms with Gasteiger partial charge in [0.25, 0.3) is 5.56 Å². The van der Waals surface area contributed by atoms with Crippen LogP contribution in [0.15, 0.2) is 11.1 Å². The van der Waals surface area contributed by atoms with E-state index in [0.29, 0.717) is 5.82 Å². The van der Waals surface area contributed by atoms with Gasteiger partial charge in [0.1, 0.15) is 5.69 Å². The van der Waals surface area contributed by atoms with Crippen LogP contribution in [0, 0.1) is 5.92 Å². The van der Waals surface area contributed by atoms with E-state index in [0.717, 1.165) is 25.4 Å². The van der Waals surface area contributed by atoms with Crippen LogP contribution in [-0.4, -0.2) is 23.1 Å². The third kappa shape index (κ3) is 2.35. The summed E-state index contributed by atoms with van der Waals surface area (Å²) >= 11 is 0. The molecule has 1 aromatic rings. The molecule has 0 aliphatic heterocycles. The zero-order valence-corrected chi connectivity index (χ0v) is 9.57. The fourth-order valence-corrected chi connectivity index (χ4v) is 1.82. The predicted molar refractivity (Wildman–Crippen MR) is 64.5 cm³/mol. The minimum Gasteiger partial charge on any atom is -0.391 e. The van der Waals surface area contributed by atoms with Gasteiger partial charge in [0.2, 0.25) is 0 Å². The molecule has 1 heterocycles. The summed E-state index contributed by atoms with van der Waals surface area (Å²) in [5, 5.41) is 0. The van der Waals surface area contributed by atoms with E-state index >= 15 is 0 Å². The maximum absolute atomic E-state index is 11.4. The molecule has 1 aliphatic carbocycles. The molecule has 0 unspecified atom stereocenters. The van der Waals surface area contributed by atoms with Crippen LogP contribution in [0.1, 0.15) is 26.2 Å². The highest BCUT2D eigenvalue weighted by molar-refractivity contribution is 5.60. The van der Waals surface area contributed by atoms with Crippen LogP contribution in [-0.2, 0) is 0 Å². The van der Waals surface area contributed by atoms with Crippen LogP contribution in [0.25, 0.3) is 0 Å². The summed E-state index contributed by atoms with van der Waals surface area (Å²) in [7, 11) is 0. The quantitative estimate of drug-likeness (QED) is 0.778. The highest BCUT2D eigenvalue weighted by Gasteiger charge is 2.25. The number of hydrogen-bond acceptors (Lipinski definition) is 4. The summed E-state index contributed by atoms with van der Waals surface area (Å²) in [4.78, 5) is 20.2. The molecule has 0 amide bonds. The summed E-state index contributed by atoms with van der Waals surface area (Å²) in [5.41, 5.74) is 5.75. The molecule has 5 nitrogen and oxygen atoms in total. The van der Waals surface area contributed by atoms with E-state index in [1.54, 1.807) is 0 Å². The molecule has 3 N–H and O–H groups in total. The second-order valence-corrected chi connectivity index (χ2v) is 4.36. The highest BCUT2D eigenvalue weighted by Crippen LogP contribution is 2.31. The number of hydrogen-bond donors (Lipinski definition) is 2. The molecule has 16 heavy (non-hydrogen) atoms. The number of nitrogens with one attached hydrogen (secondary N) is 1. The Morgan fingerprint density at radius 2 is 2.38 bits per heavy atom. The first-order valence-corrected chi connectivity index (χ1v) is 5.80. The number of nitrogens with zero attached hydrogens (tertiary/aromatic N) is 2. The van der Waals surface area contributed by atoms with Gasteiger partial charge in [0.15, 0.2) is 5.82 Å². The van der Waals surface area contributed by atoms with Crippen molar-refractivity contribution in [3.63, 3.8) is 0 Å². The van der Waals surface area contributed by atoms with Gasteiger partial charge in [-0.1, -0.05) is 6.92 Å². The van der Waals surface area contributed by atoms with Crippen molar-refractivity contribution in [2.45, 2.75) is 26.2 Å². The SMILES string of the molecule is CCCN(CC1CC1)c1nc[nH]c(=O)c1N. The lowest BCUT2D eigenvalue weighted by molar-refractivity contribution is 0.698. The third-order valence-corrected chi connectivity index (χ3v) is 2.84. The number of nitrogen functional groups attached to an aromatic ring is 1. The largest absolute Gasteiger partial charge is 0.391 e. The Labute approximate surface area is 94.7 Å². The predicted octanol–water partition coefficient (Wildman–Crippen LogP) is 0.978. The molecule has 0 bridgehead atoms. The lowest BCUT2D eigenvalue weighted by atomic mass is 10.3. The van der Waals surface area contributed by atoms with Gasteiger partial charge in [-0.3, -0.25) is 4.79 Å². The lowest BCUT2D eigenvalue weighted by Gasteiger charge is -2.23. The minimum absolute atomic E-state index is 0.233. The van der Waals surface area contributed by atoms with Gasteiger partial charge in [-0.05, 0) is 25.2 Å². The maximum Gasteiger partial charge on any atom is 0.276 e.